The summed E-state index contributed by atoms with van der Waals surface area (Å²) in [5, 5.41) is 11.5. The van der Waals surface area contributed by atoms with E-state index in [1.807, 2.05) is 14.1 Å². The summed E-state index contributed by atoms with van der Waals surface area (Å²) in [4.78, 5) is 2.13. The molecule has 0 fully saturated rings. The molecule has 0 aliphatic carbocycles. The number of anilines is 1. The van der Waals surface area contributed by atoms with Crippen LogP contribution in [-0.4, -0.2) is 41.8 Å². The lowest BCUT2D eigenvalue weighted by Crippen LogP contribution is -2.36. The minimum atomic E-state index is 0.280. The summed E-state index contributed by atoms with van der Waals surface area (Å²) in [5.41, 5.74) is 0.729. The Morgan fingerprint density at radius 1 is 1.29 bits per heavy atom. The van der Waals surface area contributed by atoms with E-state index in [1.54, 1.807) is 6.07 Å². The molecule has 4 nitrogen and oxygen atoms in total. The van der Waals surface area contributed by atoms with E-state index in [1.165, 1.54) is 0 Å². The molecule has 1 rings (SSSR count). The van der Waals surface area contributed by atoms with Gasteiger partial charge in [0, 0.05) is 18.7 Å². The highest BCUT2D eigenvalue weighted by Gasteiger charge is 2.16. The van der Waals surface area contributed by atoms with Gasteiger partial charge in [-0.1, -0.05) is 37.0 Å². The molecule has 0 bridgehead atoms. The minimum Gasteiger partial charge on any atom is -0.378 e. The quantitative estimate of drug-likeness (QED) is 0.898. The maximum Gasteiger partial charge on any atom is 0.174 e. The van der Waals surface area contributed by atoms with E-state index >= 15 is 0 Å². The number of halogens is 2. The maximum atomic E-state index is 5.97. The van der Waals surface area contributed by atoms with Crippen LogP contribution in [0.2, 0.25) is 10.3 Å². The zero-order valence-corrected chi connectivity index (χ0v) is 12.0. The van der Waals surface area contributed by atoms with Crippen molar-refractivity contribution in [3.05, 3.63) is 16.4 Å². The van der Waals surface area contributed by atoms with Gasteiger partial charge in [0.15, 0.2) is 10.3 Å². The molecule has 1 aromatic heterocycles. The third-order valence-corrected chi connectivity index (χ3v) is 2.89. The predicted molar refractivity (Wildman–Crippen MR) is 72.9 cm³/mol. The van der Waals surface area contributed by atoms with E-state index in [9.17, 15) is 0 Å². The van der Waals surface area contributed by atoms with Crippen molar-refractivity contribution in [2.75, 3.05) is 26.0 Å². The normalized spacial score (nSPS) is 13.2. The van der Waals surface area contributed by atoms with Gasteiger partial charge in [-0.3, -0.25) is 0 Å². The molecule has 17 heavy (non-hydrogen) atoms. The second-order valence-corrected chi connectivity index (χ2v) is 5.37. The standard InChI is InChI=1S/C11H18Cl2N4/c1-7(2)9(6-17(3)4)14-8-5-10(12)15-16-11(8)13/h5,7,9H,6H2,1-4H3,(H,14,15). The van der Waals surface area contributed by atoms with Gasteiger partial charge >= 0.3 is 0 Å². The van der Waals surface area contributed by atoms with Crippen molar-refractivity contribution in [1.29, 1.82) is 0 Å². The molecule has 0 aliphatic heterocycles. The van der Waals surface area contributed by atoms with Gasteiger partial charge in [0.2, 0.25) is 0 Å². The Balaban J connectivity index is 2.81. The molecule has 6 heteroatoms. The van der Waals surface area contributed by atoms with E-state index < -0.39 is 0 Å². The van der Waals surface area contributed by atoms with Crippen molar-refractivity contribution < 1.29 is 0 Å². The molecule has 0 aromatic carbocycles. The Morgan fingerprint density at radius 2 is 1.94 bits per heavy atom. The fourth-order valence-electron chi connectivity index (χ4n) is 1.47. The van der Waals surface area contributed by atoms with E-state index in [-0.39, 0.29) is 6.04 Å². The minimum absolute atomic E-state index is 0.280. The lowest BCUT2D eigenvalue weighted by Gasteiger charge is -2.26. The summed E-state index contributed by atoms with van der Waals surface area (Å²) < 4.78 is 0. The molecule has 1 N–H and O–H groups in total. The number of nitrogens with zero attached hydrogens (tertiary/aromatic N) is 3. The van der Waals surface area contributed by atoms with Crippen molar-refractivity contribution in [3.8, 4) is 0 Å². The molecule has 0 radical (unpaired) electrons. The average molecular weight is 277 g/mol. The molecule has 1 atom stereocenters. The van der Waals surface area contributed by atoms with Crippen LogP contribution in [0, 0.1) is 5.92 Å². The molecule has 1 aromatic rings. The third kappa shape index (κ3) is 4.66. The van der Waals surface area contributed by atoms with Gasteiger partial charge < -0.3 is 10.2 Å². The highest BCUT2D eigenvalue weighted by Crippen LogP contribution is 2.23. The fourth-order valence-corrected chi connectivity index (χ4v) is 1.76. The van der Waals surface area contributed by atoms with Crippen molar-refractivity contribution in [2.24, 2.45) is 5.92 Å². The Labute approximate surface area is 112 Å². The van der Waals surface area contributed by atoms with Gasteiger partial charge in [-0.2, -0.15) is 0 Å². The van der Waals surface area contributed by atoms with Crippen molar-refractivity contribution in [1.82, 2.24) is 15.1 Å². The summed E-state index contributed by atoms with van der Waals surface area (Å²) in [6.07, 6.45) is 0. The topological polar surface area (TPSA) is 41.0 Å². The van der Waals surface area contributed by atoms with E-state index in [0.717, 1.165) is 12.2 Å². The van der Waals surface area contributed by atoms with Crippen molar-refractivity contribution in [2.45, 2.75) is 19.9 Å². The molecule has 0 aliphatic rings. The van der Waals surface area contributed by atoms with Gasteiger partial charge in [-0.15, -0.1) is 10.2 Å². The molecular formula is C11H18Cl2N4. The first-order chi connectivity index (χ1) is 7.90. The summed E-state index contributed by atoms with van der Waals surface area (Å²) in [6.45, 7) is 5.23. The molecule has 0 spiro atoms. The largest absolute Gasteiger partial charge is 0.378 e. The van der Waals surface area contributed by atoms with Crippen LogP contribution < -0.4 is 5.32 Å². The van der Waals surface area contributed by atoms with Crippen LogP contribution in [0.3, 0.4) is 0 Å². The Bertz CT molecular complexity index is 368. The number of hydrogen-bond acceptors (Lipinski definition) is 4. The number of nitrogens with one attached hydrogen (secondary N) is 1. The van der Waals surface area contributed by atoms with Crippen LogP contribution in [0.5, 0.6) is 0 Å². The van der Waals surface area contributed by atoms with Gasteiger partial charge in [-0.25, -0.2) is 0 Å². The number of aromatic nitrogens is 2. The summed E-state index contributed by atoms with van der Waals surface area (Å²) in [7, 11) is 4.08. The van der Waals surface area contributed by atoms with Crippen LogP contribution in [-0.2, 0) is 0 Å². The lowest BCUT2D eigenvalue weighted by molar-refractivity contribution is 0.344. The van der Waals surface area contributed by atoms with Crippen molar-refractivity contribution >= 4 is 28.9 Å². The Hall–Kier alpha value is -0.580. The first-order valence-electron chi connectivity index (χ1n) is 5.50. The van der Waals surface area contributed by atoms with Crippen LogP contribution in [0.15, 0.2) is 6.07 Å². The smallest absolute Gasteiger partial charge is 0.174 e. The van der Waals surface area contributed by atoms with Gasteiger partial charge in [0.25, 0.3) is 0 Å². The van der Waals surface area contributed by atoms with Gasteiger partial charge in [-0.05, 0) is 20.0 Å². The summed E-state index contributed by atoms with van der Waals surface area (Å²) >= 11 is 11.8. The van der Waals surface area contributed by atoms with E-state index in [0.29, 0.717) is 16.2 Å². The highest BCUT2D eigenvalue weighted by atomic mass is 35.5. The Kier molecular flexibility index (Phi) is 5.43. The highest BCUT2D eigenvalue weighted by molar-refractivity contribution is 6.33. The molecular weight excluding hydrogens is 259 g/mol. The SMILES string of the molecule is CC(C)C(CN(C)C)Nc1cc(Cl)nnc1Cl. The summed E-state index contributed by atoms with van der Waals surface area (Å²) in [6, 6.07) is 1.98. The second kappa shape index (κ2) is 6.38. The van der Waals surface area contributed by atoms with E-state index in [4.69, 9.17) is 23.2 Å². The molecule has 1 unspecified atom stereocenters. The molecule has 1 heterocycles. The van der Waals surface area contributed by atoms with Gasteiger partial charge in [0.05, 0.1) is 5.69 Å². The zero-order chi connectivity index (χ0) is 13.0. The first kappa shape index (κ1) is 14.5. The van der Waals surface area contributed by atoms with Crippen LogP contribution in [0.25, 0.3) is 0 Å². The predicted octanol–water partition coefficient (Wildman–Crippen LogP) is 2.78. The fraction of sp³-hybridized carbons (Fsp3) is 0.636. The van der Waals surface area contributed by atoms with Crippen molar-refractivity contribution in [3.63, 3.8) is 0 Å². The molecule has 0 amide bonds. The molecule has 96 valence electrons. The molecule has 0 saturated heterocycles. The molecule has 0 saturated carbocycles. The number of likely N-dealkylation sites (N-methyl/N-ethyl adjacent to an activating group) is 1. The first-order valence-corrected chi connectivity index (χ1v) is 6.25. The maximum absolute atomic E-state index is 5.97. The van der Waals surface area contributed by atoms with Crippen LogP contribution in [0.1, 0.15) is 13.8 Å². The number of rotatable bonds is 5. The monoisotopic (exact) mass is 276 g/mol. The second-order valence-electron chi connectivity index (χ2n) is 4.63. The van der Waals surface area contributed by atoms with Crippen LogP contribution in [0.4, 0.5) is 5.69 Å². The number of hydrogen-bond donors (Lipinski definition) is 1. The summed E-state index contributed by atoms with van der Waals surface area (Å²) in [5.74, 6) is 0.473. The van der Waals surface area contributed by atoms with Crippen LogP contribution >= 0.6 is 23.2 Å². The van der Waals surface area contributed by atoms with E-state index in [2.05, 4.69) is 34.3 Å². The third-order valence-electron chi connectivity index (χ3n) is 2.43. The average Bonchev–Trinajstić information content (AvgIpc) is 2.21. The lowest BCUT2D eigenvalue weighted by atomic mass is 10.0. The zero-order valence-electron chi connectivity index (χ0n) is 10.5. The van der Waals surface area contributed by atoms with Gasteiger partial charge in [0.1, 0.15) is 0 Å². The Morgan fingerprint density at radius 3 is 2.47 bits per heavy atom.